The highest BCUT2D eigenvalue weighted by Crippen LogP contribution is 2.59. The third kappa shape index (κ3) is 3.51. The molecule has 3 amide bonds. The predicted octanol–water partition coefficient (Wildman–Crippen LogP) is 3.09. The fourth-order valence-corrected chi connectivity index (χ4v) is 6.79. The zero-order valence-corrected chi connectivity index (χ0v) is 16.6. The Morgan fingerprint density at radius 2 is 1.61 bits per heavy atom. The predicted molar refractivity (Wildman–Crippen MR) is 108 cm³/mol. The number of carbonyl (C=O) groups excluding carboxylic acids is 2. The molecule has 5 heteroatoms. The zero-order valence-electron chi connectivity index (χ0n) is 16.6. The van der Waals surface area contributed by atoms with E-state index < -0.39 is 0 Å². The van der Waals surface area contributed by atoms with Gasteiger partial charge in [-0.1, -0.05) is 24.3 Å². The van der Waals surface area contributed by atoms with Gasteiger partial charge in [-0.15, -0.1) is 0 Å². The van der Waals surface area contributed by atoms with E-state index in [1.165, 1.54) is 49.7 Å². The maximum absolute atomic E-state index is 12.5. The summed E-state index contributed by atoms with van der Waals surface area (Å²) in [6.07, 6.45) is 9.00. The molecule has 0 radical (unpaired) electrons. The fourth-order valence-electron chi connectivity index (χ4n) is 6.79. The molecule has 0 aromatic heterocycles. The first-order valence-electron chi connectivity index (χ1n) is 10.9. The van der Waals surface area contributed by atoms with Crippen LogP contribution in [0.3, 0.4) is 0 Å². The van der Waals surface area contributed by atoms with E-state index in [0.29, 0.717) is 18.5 Å². The second-order valence-corrected chi connectivity index (χ2v) is 9.79. The topological polar surface area (TPSA) is 61.4 Å². The van der Waals surface area contributed by atoms with Crippen LogP contribution in [0.4, 0.5) is 4.79 Å². The summed E-state index contributed by atoms with van der Waals surface area (Å²) in [5, 5.41) is 5.96. The second kappa shape index (κ2) is 7.09. The highest BCUT2D eigenvalue weighted by atomic mass is 16.2. The number of hydrogen-bond donors (Lipinski definition) is 2. The normalized spacial score (nSPS) is 32.7. The first-order chi connectivity index (χ1) is 13.6. The average molecular weight is 382 g/mol. The molecule has 6 rings (SSSR count). The number of rotatable bonds is 4. The first-order valence-corrected chi connectivity index (χ1v) is 10.9. The van der Waals surface area contributed by atoms with Crippen LogP contribution in [0.5, 0.6) is 0 Å². The summed E-state index contributed by atoms with van der Waals surface area (Å²) < 4.78 is 0. The molecule has 150 valence electrons. The summed E-state index contributed by atoms with van der Waals surface area (Å²) >= 11 is 0. The fraction of sp³-hybridized carbons (Fsp3) is 0.652. The molecule has 4 fully saturated rings. The van der Waals surface area contributed by atoms with Gasteiger partial charge in [0.15, 0.2) is 0 Å². The maximum atomic E-state index is 12.5. The van der Waals surface area contributed by atoms with E-state index in [1.807, 2.05) is 12.1 Å². The molecule has 5 aliphatic rings. The molecule has 0 atom stereocenters. The van der Waals surface area contributed by atoms with E-state index in [-0.39, 0.29) is 18.5 Å². The van der Waals surface area contributed by atoms with Crippen molar-refractivity contribution in [2.75, 3.05) is 19.6 Å². The Labute approximate surface area is 167 Å². The van der Waals surface area contributed by atoms with Crippen LogP contribution in [0.25, 0.3) is 0 Å². The van der Waals surface area contributed by atoms with Gasteiger partial charge in [0.1, 0.15) is 0 Å². The lowest BCUT2D eigenvalue weighted by molar-refractivity contribution is -0.122. The Kier molecular flexibility index (Phi) is 4.56. The van der Waals surface area contributed by atoms with E-state index in [2.05, 4.69) is 22.8 Å². The molecule has 1 aromatic rings. The van der Waals surface area contributed by atoms with Crippen molar-refractivity contribution in [2.45, 2.75) is 51.5 Å². The van der Waals surface area contributed by atoms with Crippen molar-refractivity contribution in [1.82, 2.24) is 15.5 Å². The van der Waals surface area contributed by atoms with Crippen molar-refractivity contribution < 1.29 is 9.59 Å². The van der Waals surface area contributed by atoms with E-state index in [1.54, 1.807) is 4.90 Å². The van der Waals surface area contributed by atoms with Crippen molar-refractivity contribution in [2.24, 2.45) is 23.2 Å². The lowest BCUT2D eigenvalue weighted by Crippen LogP contribution is -2.52. The molecule has 4 bridgehead atoms. The van der Waals surface area contributed by atoms with Gasteiger partial charge in [-0.05, 0) is 79.2 Å². The van der Waals surface area contributed by atoms with Crippen molar-refractivity contribution in [3.63, 3.8) is 0 Å². The van der Waals surface area contributed by atoms with Crippen LogP contribution in [-0.2, 0) is 17.8 Å². The molecule has 2 N–H and O–H groups in total. The number of nitrogens with zero attached hydrogens (tertiary/aromatic N) is 1. The smallest absolute Gasteiger partial charge is 0.318 e. The third-order valence-corrected chi connectivity index (χ3v) is 7.64. The Balaban J connectivity index is 1.09. The minimum Gasteiger partial charge on any atom is -0.354 e. The molecule has 0 unspecified atom stereocenters. The number of carbonyl (C=O) groups is 2. The summed E-state index contributed by atoms with van der Waals surface area (Å²) in [4.78, 5) is 26.7. The second-order valence-electron chi connectivity index (χ2n) is 9.79. The Hall–Kier alpha value is -2.04. The van der Waals surface area contributed by atoms with Crippen LogP contribution in [0, 0.1) is 23.2 Å². The van der Waals surface area contributed by atoms with Crippen LogP contribution in [0.2, 0.25) is 0 Å². The molecular weight excluding hydrogens is 350 g/mol. The van der Waals surface area contributed by atoms with Crippen molar-refractivity contribution in [3.8, 4) is 0 Å². The van der Waals surface area contributed by atoms with Gasteiger partial charge >= 0.3 is 6.03 Å². The van der Waals surface area contributed by atoms with Gasteiger partial charge < -0.3 is 15.5 Å². The van der Waals surface area contributed by atoms with Gasteiger partial charge in [0, 0.05) is 19.6 Å². The quantitative estimate of drug-likeness (QED) is 0.842. The SMILES string of the molecule is O=C(CNC(=O)N1CCc2ccccc2C1)NCC12CC3CC(CC(C3)C1)C2. The summed E-state index contributed by atoms with van der Waals surface area (Å²) in [7, 11) is 0. The lowest BCUT2D eigenvalue weighted by atomic mass is 9.49. The number of hydrogen-bond acceptors (Lipinski definition) is 2. The Morgan fingerprint density at radius 1 is 0.964 bits per heavy atom. The lowest BCUT2D eigenvalue weighted by Gasteiger charge is -2.56. The van der Waals surface area contributed by atoms with Gasteiger partial charge in [-0.3, -0.25) is 4.79 Å². The van der Waals surface area contributed by atoms with Crippen molar-refractivity contribution in [3.05, 3.63) is 35.4 Å². The Morgan fingerprint density at radius 3 is 2.29 bits per heavy atom. The van der Waals surface area contributed by atoms with Crippen molar-refractivity contribution >= 4 is 11.9 Å². The molecule has 0 spiro atoms. The standard InChI is InChI=1S/C23H31N3O2/c27-21(25-15-23-10-16-7-17(11-23)9-18(8-16)12-23)13-24-22(28)26-6-5-19-3-1-2-4-20(19)14-26/h1-4,16-18H,5-15H2,(H,24,28)(H,25,27). The van der Waals surface area contributed by atoms with Gasteiger partial charge in [0.25, 0.3) is 0 Å². The highest BCUT2D eigenvalue weighted by Gasteiger charge is 2.50. The van der Waals surface area contributed by atoms with Crippen LogP contribution < -0.4 is 10.6 Å². The largest absolute Gasteiger partial charge is 0.354 e. The van der Waals surface area contributed by atoms with Crippen LogP contribution in [0.15, 0.2) is 24.3 Å². The van der Waals surface area contributed by atoms with E-state index in [4.69, 9.17) is 0 Å². The molecule has 4 aliphatic carbocycles. The summed E-state index contributed by atoms with van der Waals surface area (Å²) in [6.45, 7) is 2.19. The van der Waals surface area contributed by atoms with Gasteiger partial charge in [0.05, 0.1) is 6.54 Å². The summed E-state index contributed by atoms with van der Waals surface area (Å²) in [6, 6.07) is 8.12. The molecular formula is C23H31N3O2. The molecule has 1 heterocycles. The van der Waals surface area contributed by atoms with Gasteiger partial charge in [-0.2, -0.15) is 0 Å². The molecule has 0 saturated heterocycles. The number of fused-ring (bicyclic) bond motifs is 1. The number of nitrogens with one attached hydrogen (secondary N) is 2. The summed E-state index contributed by atoms with van der Waals surface area (Å²) in [5.74, 6) is 2.63. The van der Waals surface area contributed by atoms with E-state index in [0.717, 1.165) is 30.7 Å². The number of benzene rings is 1. The van der Waals surface area contributed by atoms with Crippen LogP contribution in [0.1, 0.15) is 49.7 Å². The Bertz CT molecular complexity index is 740. The molecule has 1 aromatic carbocycles. The van der Waals surface area contributed by atoms with Crippen LogP contribution >= 0.6 is 0 Å². The minimum absolute atomic E-state index is 0.0542. The van der Waals surface area contributed by atoms with Crippen LogP contribution in [-0.4, -0.2) is 36.5 Å². The molecule has 1 aliphatic heterocycles. The monoisotopic (exact) mass is 381 g/mol. The molecule has 5 nitrogen and oxygen atoms in total. The van der Waals surface area contributed by atoms with Gasteiger partial charge in [0.2, 0.25) is 5.91 Å². The average Bonchev–Trinajstić information content (AvgIpc) is 2.69. The van der Waals surface area contributed by atoms with E-state index in [9.17, 15) is 9.59 Å². The van der Waals surface area contributed by atoms with Crippen molar-refractivity contribution in [1.29, 1.82) is 0 Å². The maximum Gasteiger partial charge on any atom is 0.318 e. The summed E-state index contributed by atoms with van der Waals surface area (Å²) in [5.41, 5.74) is 2.86. The molecule has 4 saturated carbocycles. The molecule has 28 heavy (non-hydrogen) atoms. The number of urea groups is 1. The third-order valence-electron chi connectivity index (χ3n) is 7.64. The zero-order chi connectivity index (χ0) is 19.1. The minimum atomic E-state index is -0.139. The highest BCUT2D eigenvalue weighted by molar-refractivity contribution is 5.84. The number of amides is 3. The van der Waals surface area contributed by atoms with E-state index >= 15 is 0 Å². The van der Waals surface area contributed by atoms with Gasteiger partial charge in [-0.25, -0.2) is 4.79 Å². The first kappa shape index (κ1) is 18.0.